The van der Waals surface area contributed by atoms with Crippen molar-refractivity contribution in [3.63, 3.8) is 0 Å². The van der Waals surface area contributed by atoms with E-state index in [4.69, 9.17) is 14.5 Å². The Bertz CT molecular complexity index is 5120. The fraction of sp³-hybridized carbons (Fsp3) is 0. The van der Waals surface area contributed by atoms with Gasteiger partial charge in [-0.2, -0.15) is 0 Å². The predicted molar refractivity (Wildman–Crippen MR) is 393 cm³/mol. The maximum Gasteiger partial charge on any atom is 0.256 e. The van der Waals surface area contributed by atoms with Gasteiger partial charge in [-0.15, -0.1) is 0 Å². The van der Waals surface area contributed by atoms with Crippen LogP contribution in [0.1, 0.15) is 0 Å². The number of aromatic nitrogens is 2. The third kappa shape index (κ3) is 8.68. The van der Waals surface area contributed by atoms with E-state index < -0.39 is 0 Å². The lowest BCUT2D eigenvalue weighted by Gasteiger charge is -2.43. The number of fused-ring (bicyclic) bond motifs is 9. The van der Waals surface area contributed by atoms with Crippen molar-refractivity contribution < 1.29 is 9.47 Å². The van der Waals surface area contributed by atoms with Gasteiger partial charge in [0.2, 0.25) is 0 Å². The molecule has 8 nitrogen and oxygen atoms in total. The summed E-state index contributed by atoms with van der Waals surface area (Å²) in [5.41, 5.74) is 24.4. The molecule has 0 bridgehead atoms. The summed E-state index contributed by atoms with van der Waals surface area (Å²) in [6.45, 7) is -0.627. The number of imidazole rings is 1. The Balaban J connectivity index is 0.952. The van der Waals surface area contributed by atoms with Crippen molar-refractivity contribution in [2.24, 2.45) is 0 Å². The Hall–Kier alpha value is -12.5. The van der Waals surface area contributed by atoms with Gasteiger partial charge in [0.05, 0.1) is 28.0 Å². The zero-order valence-corrected chi connectivity index (χ0v) is 51.5. The van der Waals surface area contributed by atoms with E-state index in [-0.39, 0.29) is 13.4 Å². The van der Waals surface area contributed by atoms with Gasteiger partial charge in [0, 0.05) is 85.8 Å². The number of ether oxygens (including phenoxy) is 2. The number of para-hydroxylation sites is 10. The molecule has 15 aromatic rings. The van der Waals surface area contributed by atoms with Crippen LogP contribution in [0, 0.1) is 0 Å². The molecule has 0 amide bonds. The van der Waals surface area contributed by atoms with Crippen molar-refractivity contribution in [2.75, 3.05) is 19.6 Å². The predicted octanol–water partition coefficient (Wildman–Crippen LogP) is 18.1. The topological polar surface area (TPSA) is 49.2 Å². The van der Waals surface area contributed by atoms with E-state index >= 15 is 0 Å². The van der Waals surface area contributed by atoms with Crippen LogP contribution in [-0.4, -0.2) is 23.0 Å². The van der Waals surface area contributed by atoms with Crippen LogP contribution in [0.4, 0.5) is 68.2 Å². The minimum atomic E-state index is -0.314. The van der Waals surface area contributed by atoms with E-state index in [1.54, 1.807) is 0 Å². The highest BCUT2D eigenvalue weighted by Crippen LogP contribution is 2.53. The van der Waals surface area contributed by atoms with E-state index in [9.17, 15) is 0 Å². The van der Waals surface area contributed by atoms with Crippen molar-refractivity contribution in [2.45, 2.75) is 0 Å². The van der Waals surface area contributed by atoms with Crippen molar-refractivity contribution in [1.29, 1.82) is 0 Å². The molecule has 0 N–H and O–H groups in total. The summed E-state index contributed by atoms with van der Waals surface area (Å²) >= 11 is 0. The molecule has 0 spiro atoms. The maximum atomic E-state index is 8.16. The number of anilines is 12. The standard InChI is InChI=1S/C85H56B2N6O2/c1-9-30-57(31-10-1)85-88-72-49-29-46-67(82(72)93(85)64-44-23-8-24-45-64)79-83-70(86-68-47-25-27-50-73(68)91(62-40-19-6-20-41-62)75-52-65(54-77(94-83)80(75)86)89(58-32-11-2-12-33-58)59-34-13-3-14-35-59)56-71-84(79)95-78-55-66(90(60-36-15-4-16-37-60)61-38-17-5-18-39-61)53-76-81(78)87(71)69-48-26-28-51-74(69)92(76)63-42-21-7-22-43-63/h1-56H. The zero-order chi connectivity index (χ0) is 62.5. The lowest BCUT2D eigenvalue weighted by atomic mass is 9.30. The number of rotatable bonds is 11. The first-order valence-corrected chi connectivity index (χ1v) is 32.4. The molecule has 5 heterocycles. The Morgan fingerprint density at radius 3 is 1.12 bits per heavy atom. The molecule has 1 aromatic heterocycles. The number of hydrogen-bond donors (Lipinski definition) is 0. The minimum Gasteiger partial charge on any atom is -0.457 e. The summed E-state index contributed by atoms with van der Waals surface area (Å²) in [5.74, 6) is 3.77. The SMILES string of the molecule is c1ccc(-c2nc3cccc(-c4c5c(cc6c4Oc4cc(N(c7ccccc7)c7ccccc7)cc7c4B6c4ccccc4N7c4ccccc4)B4c6ccccc6N(c6ccccc6)c6cc(N(c7ccccc7)c7ccccc7)cc(c64)O5)c3n2-c2ccccc2)cc1. The second-order valence-corrected chi connectivity index (χ2v) is 24.5. The van der Waals surface area contributed by atoms with Crippen LogP contribution in [0.2, 0.25) is 0 Å². The van der Waals surface area contributed by atoms with Gasteiger partial charge >= 0.3 is 0 Å². The monoisotopic (exact) mass is 1210 g/mol. The fourth-order valence-electron chi connectivity index (χ4n) is 15.3. The highest BCUT2D eigenvalue weighted by Gasteiger charge is 2.49. The molecule has 0 atom stereocenters. The molecule has 14 aromatic carbocycles. The second-order valence-electron chi connectivity index (χ2n) is 24.5. The van der Waals surface area contributed by atoms with Crippen LogP contribution in [0.25, 0.3) is 39.2 Å². The highest BCUT2D eigenvalue weighted by molar-refractivity contribution is 7.02. The average Bonchev–Trinajstić information content (AvgIpc) is 0.996. The Morgan fingerprint density at radius 2 is 0.684 bits per heavy atom. The van der Waals surface area contributed by atoms with Gasteiger partial charge in [-0.05, 0) is 148 Å². The quantitative estimate of drug-likeness (QED) is 0.120. The van der Waals surface area contributed by atoms with Crippen molar-refractivity contribution in [3.8, 4) is 51.2 Å². The molecule has 4 aliphatic heterocycles. The van der Waals surface area contributed by atoms with Crippen LogP contribution in [0.3, 0.4) is 0 Å². The molecule has 4 aliphatic rings. The normalized spacial score (nSPS) is 12.7. The molecule has 0 radical (unpaired) electrons. The van der Waals surface area contributed by atoms with E-state index in [0.717, 1.165) is 152 Å². The van der Waals surface area contributed by atoms with Crippen LogP contribution in [-0.2, 0) is 0 Å². The lowest BCUT2D eigenvalue weighted by Crippen LogP contribution is -2.63. The molecule has 444 valence electrons. The van der Waals surface area contributed by atoms with Gasteiger partial charge in [0.15, 0.2) is 0 Å². The smallest absolute Gasteiger partial charge is 0.256 e. The van der Waals surface area contributed by atoms with Gasteiger partial charge in [-0.1, -0.05) is 212 Å². The van der Waals surface area contributed by atoms with Gasteiger partial charge < -0.3 is 29.1 Å². The summed E-state index contributed by atoms with van der Waals surface area (Å²) in [4.78, 5) is 15.2. The molecular weight excluding hydrogens is 1160 g/mol. The third-order valence-corrected chi connectivity index (χ3v) is 19.2. The largest absolute Gasteiger partial charge is 0.457 e. The number of nitrogens with zero attached hydrogens (tertiary/aromatic N) is 6. The molecule has 0 fully saturated rings. The first-order chi connectivity index (χ1) is 47.2. The fourth-order valence-corrected chi connectivity index (χ4v) is 15.3. The Kier molecular flexibility index (Phi) is 12.6. The van der Waals surface area contributed by atoms with Crippen LogP contribution in [0.5, 0.6) is 23.0 Å². The molecule has 0 unspecified atom stereocenters. The Morgan fingerprint density at radius 1 is 0.305 bits per heavy atom. The van der Waals surface area contributed by atoms with Gasteiger partial charge in [-0.25, -0.2) is 4.98 Å². The summed E-state index contributed by atoms with van der Waals surface area (Å²) in [6, 6.07) is 122. The summed E-state index contributed by atoms with van der Waals surface area (Å²) in [5, 5.41) is 0. The zero-order valence-electron chi connectivity index (χ0n) is 51.5. The number of hydrogen-bond acceptors (Lipinski definition) is 7. The van der Waals surface area contributed by atoms with Crippen molar-refractivity contribution >= 4 is 125 Å². The van der Waals surface area contributed by atoms with Crippen LogP contribution >= 0.6 is 0 Å². The first kappa shape index (κ1) is 54.2. The third-order valence-electron chi connectivity index (χ3n) is 19.2. The van der Waals surface area contributed by atoms with Crippen LogP contribution < -0.4 is 61.9 Å². The molecule has 0 aliphatic carbocycles. The van der Waals surface area contributed by atoms with Crippen molar-refractivity contribution in [1.82, 2.24) is 9.55 Å². The first-order valence-electron chi connectivity index (χ1n) is 32.4. The van der Waals surface area contributed by atoms with E-state index in [1.165, 1.54) is 10.9 Å². The molecule has 0 saturated carbocycles. The molecular formula is C85H56B2N6O2. The van der Waals surface area contributed by atoms with E-state index in [1.807, 2.05) is 0 Å². The minimum absolute atomic E-state index is 0.314. The summed E-state index contributed by atoms with van der Waals surface area (Å²) < 4.78 is 18.7. The van der Waals surface area contributed by atoms with E-state index in [0.29, 0.717) is 0 Å². The molecule has 95 heavy (non-hydrogen) atoms. The lowest BCUT2D eigenvalue weighted by molar-refractivity contribution is 0.469. The van der Waals surface area contributed by atoms with Crippen LogP contribution in [0.15, 0.2) is 340 Å². The van der Waals surface area contributed by atoms with Gasteiger partial charge in [0.1, 0.15) is 28.8 Å². The molecule has 10 heteroatoms. The maximum absolute atomic E-state index is 8.16. The van der Waals surface area contributed by atoms with Gasteiger partial charge in [0.25, 0.3) is 13.4 Å². The van der Waals surface area contributed by atoms with Gasteiger partial charge in [-0.3, -0.25) is 4.57 Å². The number of benzene rings is 14. The highest BCUT2D eigenvalue weighted by atomic mass is 16.5. The Labute approximate surface area is 551 Å². The molecule has 19 rings (SSSR count). The van der Waals surface area contributed by atoms with Crippen molar-refractivity contribution in [3.05, 3.63) is 340 Å². The van der Waals surface area contributed by atoms with E-state index in [2.05, 4.69) is 364 Å². The summed E-state index contributed by atoms with van der Waals surface area (Å²) in [6.07, 6.45) is 0. The average molecular weight is 1220 g/mol. The summed E-state index contributed by atoms with van der Waals surface area (Å²) in [7, 11) is 0. The molecule has 0 saturated heterocycles. The second kappa shape index (κ2) is 22.1.